The lowest BCUT2D eigenvalue weighted by molar-refractivity contribution is -0.127. The number of pyridine rings is 1. The van der Waals surface area contributed by atoms with E-state index in [1.807, 2.05) is 60.0 Å². The minimum absolute atomic E-state index is 0.0260. The summed E-state index contributed by atoms with van der Waals surface area (Å²) in [5.41, 5.74) is 2.46. The summed E-state index contributed by atoms with van der Waals surface area (Å²) in [5, 5.41) is 13.6. The highest BCUT2D eigenvalue weighted by molar-refractivity contribution is 5.80. The van der Waals surface area contributed by atoms with E-state index in [9.17, 15) is 14.7 Å². The summed E-state index contributed by atoms with van der Waals surface area (Å²) in [6, 6.07) is 11.3. The molecule has 5 rings (SSSR count). The zero-order chi connectivity index (χ0) is 23.8. The Morgan fingerprint density at radius 1 is 1.24 bits per heavy atom. The van der Waals surface area contributed by atoms with Gasteiger partial charge in [-0.15, -0.1) is 0 Å². The van der Waals surface area contributed by atoms with Crippen molar-refractivity contribution in [3.63, 3.8) is 0 Å². The van der Waals surface area contributed by atoms with Crippen LogP contribution in [0.2, 0.25) is 0 Å². The second-order valence-electron chi connectivity index (χ2n) is 9.69. The molecular formula is C27H33N3O4. The Morgan fingerprint density at radius 2 is 2.03 bits per heavy atom. The molecule has 2 fully saturated rings. The average Bonchev–Trinajstić information content (AvgIpc) is 3.65. The molecule has 2 aromatic rings. The minimum Gasteiger partial charge on any atom is -0.496 e. The Morgan fingerprint density at radius 3 is 2.74 bits per heavy atom. The van der Waals surface area contributed by atoms with Gasteiger partial charge in [0.15, 0.2) is 0 Å². The third-order valence-corrected chi connectivity index (χ3v) is 7.66. The normalized spacial score (nSPS) is 26.0. The summed E-state index contributed by atoms with van der Waals surface area (Å²) in [6.45, 7) is 3.50. The van der Waals surface area contributed by atoms with E-state index < -0.39 is 5.92 Å². The summed E-state index contributed by atoms with van der Waals surface area (Å²) in [7, 11) is 1.66. The van der Waals surface area contributed by atoms with Crippen LogP contribution >= 0.6 is 0 Å². The van der Waals surface area contributed by atoms with Gasteiger partial charge in [0.1, 0.15) is 5.75 Å². The van der Waals surface area contributed by atoms with Crippen LogP contribution in [0.25, 0.3) is 6.08 Å². The van der Waals surface area contributed by atoms with Gasteiger partial charge in [-0.05, 0) is 43.9 Å². The van der Waals surface area contributed by atoms with E-state index in [4.69, 9.17) is 4.74 Å². The number of aliphatic hydroxyl groups excluding tert-OH is 1. The third-order valence-electron chi connectivity index (χ3n) is 7.66. The number of hydrogen-bond donors (Lipinski definition) is 2. The lowest BCUT2D eigenvalue weighted by atomic mass is 9.86. The molecule has 1 saturated carbocycles. The number of aliphatic hydroxyl groups is 1. The third kappa shape index (κ3) is 3.97. The fourth-order valence-electron chi connectivity index (χ4n) is 5.78. The van der Waals surface area contributed by atoms with Gasteiger partial charge < -0.3 is 19.7 Å². The number of benzene rings is 1. The molecule has 0 unspecified atom stereocenters. The first-order valence-corrected chi connectivity index (χ1v) is 12.2. The fourth-order valence-corrected chi connectivity index (χ4v) is 5.78. The first-order chi connectivity index (χ1) is 16.6. The molecular weight excluding hydrogens is 430 g/mol. The van der Waals surface area contributed by atoms with Crippen LogP contribution < -0.4 is 15.6 Å². The van der Waals surface area contributed by atoms with Gasteiger partial charge >= 0.3 is 0 Å². The van der Waals surface area contributed by atoms with Crippen LogP contribution in [0.5, 0.6) is 5.75 Å². The smallest absolute Gasteiger partial charge is 0.258 e. The Kier molecular flexibility index (Phi) is 6.32. The molecule has 2 N–H and O–H groups in total. The first-order valence-electron chi connectivity index (χ1n) is 12.2. The van der Waals surface area contributed by atoms with Gasteiger partial charge in [0.25, 0.3) is 5.56 Å². The number of hydrogen-bond acceptors (Lipinski definition) is 5. The van der Waals surface area contributed by atoms with Gasteiger partial charge in [-0.1, -0.05) is 30.4 Å². The van der Waals surface area contributed by atoms with Gasteiger partial charge in [-0.25, -0.2) is 0 Å². The van der Waals surface area contributed by atoms with Crippen LogP contribution in [0, 0.1) is 17.8 Å². The van der Waals surface area contributed by atoms with Gasteiger partial charge in [-0.2, -0.15) is 0 Å². The highest BCUT2D eigenvalue weighted by atomic mass is 16.5. The van der Waals surface area contributed by atoms with Gasteiger partial charge in [0, 0.05) is 55.0 Å². The van der Waals surface area contributed by atoms with Crippen molar-refractivity contribution < 1.29 is 14.6 Å². The summed E-state index contributed by atoms with van der Waals surface area (Å²) >= 11 is 0. The molecule has 1 amide bonds. The number of amides is 1. The second kappa shape index (κ2) is 9.39. The highest BCUT2D eigenvalue weighted by Gasteiger charge is 2.55. The number of fused-ring (bicyclic) bond motifs is 4. The molecule has 7 nitrogen and oxygen atoms in total. The van der Waals surface area contributed by atoms with Crippen LogP contribution in [0.3, 0.4) is 0 Å². The summed E-state index contributed by atoms with van der Waals surface area (Å²) in [6.07, 6.45) is 6.00. The van der Waals surface area contributed by atoms with E-state index in [2.05, 4.69) is 10.2 Å². The quantitative estimate of drug-likeness (QED) is 0.629. The first kappa shape index (κ1) is 22.9. The predicted molar refractivity (Wildman–Crippen MR) is 130 cm³/mol. The standard InChI is InChI=1S/C27H33N3O4/c1-3-6-18-11-12-21-25-24(26(32)28-13-17-9-10-17)20(16-31)22(15-30(21)27(18)33)29(25)14-19-7-4-5-8-23(19)34-2/h3-8,11-12,17,20,22,24-25,31H,9-10,13-16H2,1-2H3,(H,28,32)/b6-3-/t20-,22-,24+,25+/m0/s1. The number of carbonyl (C=O) groups is 1. The predicted octanol–water partition coefficient (Wildman–Crippen LogP) is 2.58. The van der Waals surface area contributed by atoms with E-state index in [0.29, 0.717) is 31.1 Å². The second-order valence-corrected chi connectivity index (χ2v) is 9.69. The Bertz CT molecular complexity index is 1150. The molecule has 180 valence electrons. The number of nitrogens with zero attached hydrogens (tertiary/aromatic N) is 2. The number of allylic oxidation sites excluding steroid dienone is 1. The fraction of sp³-hybridized carbons (Fsp3) is 0.481. The van der Waals surface area contributed by atoms with Crippen molar-refractivity contribution in [3.8, 4) is 5.75 Å². The van der Waals surface area contributed by atoms with Crippen molar-refractivity contribution in [1.82, 2.24) is 14.8 Å². The number of nitrogens with one attached hydrogen (secondary N) is 1. The summed E-state index contributed by atoms with van der Waals surface area (Å²) in [4.78, 5) is 29.1. The number of methoxy groups -OCH3 is 1. The Hall–Kier alpha value is -2.90. The molecule has 3 heterocycles. The molecule has 0 spiro atoms. The molecule has 2 bridgehead atoms. The SMILES string of the molecule is C/C=C\c1ccc2n(c1=O)C[C@H]1[C@H](CO)[C@@H](C(=O)NCC3CC3)[C@@H]2N1Cc1ccccc1OC. The average molecular weight is 464 g/mol. The Balaban J connectivity index is 1.57. The van der Waals surface area contributed by atoms with E-state index in [0.717, 1.165) is 29.8 Å². The Labute approximate surface area is 200 Å². The monoisotopic (exact) mass is 463 g/mol. The van der Waals surface area contributed by atoms with Crippen LogP contribution in [-0.2, 0) is 17.9 Å². The molecule has 0 radical (unpaired) electrons. The minimum atomic E-state index is -0.427. The maximum atomic E-state index is 13.5. The molecule has 1 aromatic heterocycles. The van der Waals surface area contributed by atoms with Crippen LogP contribution in [0.4, 0.5) is 0 Å². The number of ether oxygens (including phenoxy) is 1. The maximum Gasteiger partial charge on any atom is 0.258 e. The zero-order valence-electron chi connectivity index (χ0n) is 19.8. The number of aromatic nitrogens is 1. The van der Waals surface area contributed by atoms with Crippen molar-refractivity contribution in [2.45, 2.75) is 44.9 Å². The lowest BCUT2D eigenvalue weighted by Crippen LogP contribution is -2.46. The number of carbonyl (C=O) groups excluding carboxylic acids is 1. The topological polar surface area (TPSA) is 83.8 Å². The molecule has 2 aliphatic heterocycles. The number of rotatable bonds is 8. The number of para-hydroxylation sites is 1. The molecule has 1 aromatic carbocycles. The highest BCUT2D eigenvalue weighted by Crippen LogP contribution is 2.49. The summed E-state index contributed by atoms with van der Waals surface area (Å²) in [5.74, 6) is 0.651. The lowest BCUT2D eigenvalue weighted by Gasteiger charge is -2.38. The summed E-state index contributed by atoms with van der Waals surface area (Å²) < 4.78 is 7.41. The van der Waals surface area contributed by atoms with E-state index in [-0.39, 0.29) is 36.1 Å². The molecule has 3 aliphatic rings. The van der Waals surface area contributed by atoms with Crippen molar-refractivity contribution in [2.24, 2.45) is 17.8 Å². The maximum absolute atomic E-state index is 13.5. The van der Waals surface area contributed by atoms with E-state index in [1.54, 1.807) is 7.11 Å². The van der Waals surface area contributed by atoms with Gasteiger partial charge in [0.05, 0.1) is 19.1 Å². The molecule has 1 saturated heterocycles. The van der Waals surface area contributed by atoms with Crippen molar-refractivity contribution in [1.29, 1.82) is 0 Å². The molecule has 7 heteroatoms. The van der Waals surface area contributed by atoms with Crippen molar-refractivity contribution in [2.75, 3.05) is 20.3 Å². The largest absolute Gasteiger partial charge is 0.496 e. The molecule has 1 aliphatic carbocycles. The van der Waals surface area contributed by atoms with Crippen LogP contribution in [0.15, 0.2) is 47.3 Å². The van der Waals surface area contributed by atoms with Crippen molar-refractivity contribution in [3.05, 3.63) is 69.6 Å². The van der Waals surface area contributed by atoms with Gasteiger partial charge in [0.2, 0.25) is 5.91 Å². The molecule has 4 atom stereocenters. The van der Waals surface area contributed by atoms with Crippen LogP contribution in [0.1, 0.15) is 42.6 Å². The van der Waals surface area contributed by atoms with Gasteiger partial charge in [-0.3, -0.25) is 14.5 Å². The van der Waals surface area contributed by atoms with Crippen LogP contribution in [-0.4, -0.2) is 46.8 Å². The van der Waals surface area contributed by atoms with E-state index >= 15 is 0 Å². The zero-order valence-corrected chi connectivity index (χ0v) is 19.8. The van der Waals surface area contributed by atoms with E-state index in [1.165, 1.54) is 0 Å². The molecule has 34 heavy (non-hydrogen) atoms. The van der Waals surface area contributed by atoms with Crippen molar-refractivity contribution >= 4 is 12.0 Å².